The van der Waals surface area contributed by atoms with Gasteiger partial charge in [0.05, 0.1) is 0 Å². The molecule has 58 valence electrons. The van der Waals surface area contributed by atoms with E-state index >= 15 is 0 Å². The lowest BCUT2D eigenvalue weighted by Crippen LogP contribution is -1.93. The van der Waals surface area contributed by atoms with Crippen molar-refractivity contribution in [3.05, 3.63) is 39.7 Å². The molecule has 1 aromatic rings. The van der Waals surface area contributed by atoms with E-state index in [1.54, 1.807) is 5.41 Å². The van der Waals surface area contributed by atoms with Crippen LogP contribution >= 0.6 is 28.6 Å². The fraction of sp³-hybridized carbons (Fsp3) is 0. The molecule has 0 fully saturated rings. The van der Waals surface area contributed by atoms with Gasteiger partial charge in [0.2, 0.25) is 0 Å². The van der Waals surface area contributed by atoms with E-state index in [1.165, 1.54) is 0 Å². The summed E-state index contributed by atoms with van der Waals surface area (Å²) >= 11 is 7.29. The SMILES string of the molecule is N/C(=C\S)c1ccc(Br)cc1. The highest BCUT2D eigenvalue weighted by Crippen LogP contribution is 2.14. The molecule has 0 saturated carbocycles. The first-order valence-corrected chi connectivity index (χ1v) is 4.41. The molecular weight excluding hydrogens is 222 g/mol. The van der Waals surface area contributed by atoms with Crippen LogP contribution < -0.4 is 5.73 Å². The van der Waals surface area contributed by atoms with Crippen molar-refractivity contribution in [2.45, 2.75) is 0 Å². The number of rotatable bonds is 1. The monoisotopic (exact) mass is 229 g/mol. The molecule has 1 rings (SSSR count). The average Bonchev–Trinajstić information content (AvgIpc) is 2.05. The minimum Gasteiger partial charge on any atom is -0.398 e. The minimum absolute atomic E-state index is 0.681. The smallest absolute Gasteiger partial charge is 0.0449 e. The Kier molecular flexibility index (Phi) is 3.02. The summed E-state index contributed by atoms with van der Waals surface area (Å²) in [6, 6.07) is 7.76. The third kappa shape index (κ3) is 2.27. The molecule has 0 atom stereocenters. The molecule has 0 bridgehead atoms. The summed E-state index contributed by atoms with van der Waals surface area (Å²) in [5.74, 6) is 0. The molecule has 0 radical (unpaired) electrons. The summed E-state index contributed by atoms with van der Waals surface area (Å²) in [4.78, 5) is 0. The van der Waals surface area contributed by atoms with Crippen LogP contribution in [0, 0.1) is 0 Å². The second kappa shape index (κ2) is 3.83. The zero-order chi connectivity index (χ0) is 8.27. The fourth-order valence-corrected chi connectivity index (χ4v) is 1.13. The maximum absolute atomic E-state index is 5.61. The van der Waals surface area contributed by atoms with Crippen LogP contribution in [0.4, 0.5) is 0 Å². The third-order valence-corrected chi connectivity index (χ3v) is 2.12. The topological polar surface area (TPSA) is 26.0 Å². The van der Waals surface area contributed by atoms with Crippen LogP contribution in [0.2, 0.25) is 0 Å². The van der Waals surface area contributed by atoms with Gasteiger partial charge in [0, 0.05) is 10.2 Å². The molecule has 0 saturated heterocycles. The molecule has 0 aliphatic heterocycles. The van der Waals surface area contributed by atoms with E-state index in [1.807, 2.05) is 24.3 Å². The van der Waals surface area contributed by atoms with Crippen molar-refractivity contribution in [1.29, 1.82) is 0 Å². The number of thiol groups is 1. The molecule has 3 heteroatoms. The highest BCUT2D eigenvalue weighted by atomic mass is 79.9. The van der Waals surface area contributed by atoms with Crippen LogP contribution in [0.25, 0.3) is 5.70 Å². The van der Waals surface area contributed by atoms with Crippen LogP contribution in [0.15, 0.2) is 34.1 Å². The van der Waals surface area contributed by atoms with Gasteiger partial charge in [0.15, 0.2) is 0 Å². The van der Waals surface area contributed by atoms with Gasteiger partial charge in [0.25, 0.3) is 0 Å². The van der Waals surface area contributed by atoms with Gasteiger partial charge in [-0.05, 0) is 23.1 Å². The van der Waals surface area contributed by atoms with Crippen molar-refractivity contribution >= 4 is 34.3 Å². The Bertz CT molecular complexity index is 266. The zero-order valence-corrected chi connectivity index (χ0v) is 8.27. The van der Waals surface area contributed by atoms with Crippen molar-refractivity contribution in [3.8, 4) is 0 Å². The van der Waals surface area contributed by atoms with Gasteiger partial charge in [-0.15, -0.1) is 12.6 Å². The van der Waals surface area contributed by atoms with E-state index in [4.69, 9.17) is 5.73 Å². The van der Waals surface area contributed by atoms with Gasteiger partial charge in [0.1, 0.15) is 0 Å². The van der Waals surface area contributed by atoms with Gasteiger partial charge in [-0.25, -0.2) is 0 Å². The summed E-state index contributed by atoms with van der Waals surface area (Å²) in [7, 11) is 0. The lowest BCUT2D eigenvalue weighted by Gasteiger charge is -1.98. The van der Waals surface area contributed by atoms with Crippen molar-refractivity contribution in [2.24, 2.45) is 5.73 Å². The van der Waals surface area contributed by atoms with Gasteiger partial charge in [-0.3, -0.25) is 0 Å². The van der Waals surface area contributed by atoms with Crippen molar-refractivity contribution in [2.75, 3.05) is 0 Å². The Morgan fingerprint density at radius 3 is 2.36 bits per heavy atom. The van der Waals surface area contributed by atoms with Crippen LogP contribution in [-0.2, 0) is 0 Å². The first-order valence-electron chi connectivity index (χ1n) is 3.10. The molecule has 0 heterocycles. The molecule has 1 nitrogen and oxygen atoms in total. The van der Waals surface area contributed by atoms with Crippen LogP contribution in [0.3, 0.4) is 0 Å². The largest absolute Gasteiger partial charge is 0.398 e. The first kappa shape index (κ1) is 8.68. The Hall–Kier alpha value is -0.410. The molecule has 0 amide bonds. The molecule has 0 aromatic heterocycles. The number of benzene rings is 1. The number of hydrogen-bond acceptors (Lipinski definition) is 2. The maximum atomic E-state index is 5.61. The molecule has 0 aliphatic carbocycles. The highest BCUT2D eigenvalue weighted by Gasteiger charge is 1.93. The van der Waals surface area contributed by atoms with E-state index in [-0.39, 0.29) is 0 Å². The molecule has 0 spiro atoms. The Morgan fingerprint density at radius 1 is 1.36 bits per heavy atom. The van der Waals surface area contributed by atoms with Crippen LogP contribution in [0.1, 0.15) is 5.56 Å². The second-order valence-electron chi connectivity index (χ2n) is 2.09. The molecule has 0 aliphatic rings. The molecule has 2 N–H and O–H groups in total. The predicted molar refractivity (Wildman–Crippen MR) is 55.3 cm³/mol. The number of nitrogens with two attached hydrogens (primary N) is 1. The average molecular weight is 230 g/mol. The van der Waals surface area contributed by atoms with Gasteiger partial charge in [-0.2, -0.15) is 0 Å². The molecule has 1 aromatic carbocycles. The van der Waals surface area contributed by atoms with E-state index in [0.717, 1.165) is 10.0 Å². The molecule has 0 unspecified atom stereocenters. The zero-order valence-electron chi connectivity index (χ0n) is 5.79. The van der Waals surface area contributed by atoms with Crippen LogP contribution in [-0.4, -0.2) is 0 Å². The van der Waals surface area contributed by atoms with Gasteiger partial charge in [-0.1, -0.05) is 28.1 Å². The summed E-state index contributed by atoms with van der Waals surface area (Å²) in [5, 5.41) is 1.59. The fourth-order valence-electron chi connectivity index (χ4n) is 0.717. The maximum Gasteiger partial charge on any atom is 0.0449 e. The second-order valence-corrected chi connectivity index (χ2v) is 3.27. The number of halogens is 1. The predicted octanol–water partition coefficient (Wildman–Crippen LogP) is 2.64. The lowest BCUT2D eigenvalue weighted by atomic mass is 10.2. The highest BCUT2D eigenvalue weighted by molar-refractivity contribution is 9.10. The Morgan fingerprint density at radius 2 is 1.91 bits per heavy atom. The van der Waals surface area contributed by atoms with E-state index in [0.29, 0.717) is 5.70 Å². The summed E-state index contributed by atoms with van der Waals surface area (Å²) in [6.07, 6.45) is 0. The third-order valence-electron chi connectivity index (χ3n) is 1.32. The first-order chi connectivity index (χ1) is 5.24. The van der Waals surface area contributed by atoms with Crippen molar-refractivity contribution in [3.63, 3.8) is 0 Å². The Labute approximate surface area is 79.8 Å². The minimum atomic E-state index is 0.681. The van der Waals surface area contributed by atoms with Crippen molar-refractivity contribution < 1.29 is 0 Å². The Balaban J connectivity index is 2.99. The quantitative estimate of drug-likeness (QED) is 0.712. The summed E-state index contributed by atoms with van der Waals surface area (Å²) in [6.45, 7) is 0. The summed E-state index contributed by atoms with van der Waals surface area (Å²) in [5.41, 5.74) is 7.28. The van der Waals surface area contributed by atoms with Gasteiger partial charge < -0.3 is 5.73 Å². The van der Waals surface area contributed by atoms with E-state index in [9.17, 15) is 0 Å². The molecular formula is C8H8BrNS. The van der Waals surface area contributed by atoms with Crippen molar-refractivity contribution in [1.82, 2.24) is 0 Å². The van der Waals surface area contributed by atoms with Gasteiger partial charge >= 0.3 is 0 Å². The standard InChI is InChI=1S/C8H8BrNS/c9-7-3-1-6(2-4-7)8(10)5-11/h1-5,11H,10H2/b8-5-. The van der Waals surface area contributed by atoms with E-state index < -0.39 is 0 Å². The summed E-state index contributed by atoms with van der Waals surface area (Å²) < 4.78 is 1.05. The normalized spacial score (nSPS) is 11.6. The van der Waals surface area contributed by atoms with E-state index in [2.05, 4.69) is 28.6 Å². The van der Waals surface area contributed by atoms with Crippen LogP contribution in [0.5, 0.6) is 0 Å². The lowest BCUT2D eigenvalue weighted by molar-refractivity contribution is 1.51. The number of hydrogen-bond donors (Lipinski definition) is 2. The molecule has 11 heavy (non-hydrogen) atoms.